The molecule has 2 aromatic carbocycles. The first-order chi connectivity index (χ1) is 13.5. The summed E-state index contributed by atoms with van der Waals surface area (Å²) in [5.74, 6) is -1.10. The summed E-state index contributed by atoms with van der Waals surface area (Å²) in [7, 11) is 3.73. The molecule has 28 heavy (non-hydrogen) atoms. The van der Waals surface area contributed by atoms with Crippen LogP contribution >= 0.6 is 0 Å². The number of hydrazine groups is 1. The van der Waals surface area contributed by atoms with Gasteiger partial charge in [-0.25, -0.2) is 0 Å². The lowest BCUT2D eigenvalue weighted by Crippen LogP contribution is -2.42. The van der Waals surface area contributed by atoms with Gasteiger partial charge in [-0.05, 0) is 36.4 Å². The van der Waals surface area contributed by atoms with Gasteiger partial charge in [-0.3, -0.25) is 25.2 Å². The second-order valence-corrected chi connectivity index (χ2v) is 6.16. The van der Waals surface area contributed by atoms with E-state index in [9.17, 15) is 14.4 Å². The molecule has 8 nitrogen and oxygen atoms in total. The highest BCUT2D eigenvalue weighted by Crippen LogP contribution is 2.13. The molecular weight excluding hydrogens is 358 g/mol. The maximum atomic E-state index is 12.3. The van der Waals surface area contributed by atoms with Crippen LogP contribution in [0.5, 0.6) is 0 Å². The second kappa shape index (κ2) is 8.17. The molecule has 0 atom stereocenters. The average Bonchev–Trinajstić information content (AvgIpc) is 2.72. The third-order valence-corrected chi connectivity index (χ3v) is 3.95. The first-order valence-corrected chi connectivity index (χ1v) is 8.49. The van der Waals surface area contributed by atoms with E-state index in [1.165, 1.54) is 12.1 Å². The molecule has 0 unspecified atom stereocenters. The van der Waals surface area contributed by atoms with Gasteiger partial charge in [0.25, 0.3) is 17.4 Å². The van der Waals surface area contributed by atoms with Gasteiger partial charge in [0.2, 0.25) is 0 Å². The van der Waals surface area contributed by atoms with Crippen molar-refractivity contribution in [3.63, 3.8) is 0 Å². The lowest BCUT2D eigenvalue weighted by atomic mass is 10.2. The summed E-state index contributed by atoms with van der Waals surface area (Å²) in [6, 6.07) is 18.3. The van der Waals surface area contributed by atoms with Crippen LogP contribution in [0.2, 0.25) is 0 Å². The zero-order chi connectivity index (χ0) is 20.1. The van der Waals surface area contributed by atoms with Crippen LogP contribution in [-0.2, 0) is 0 Å². The van der Waals surface area contributed by atoms with Crippen molar-refractivity contribution in [2.45, 2.75) is 0 Å². The van der Waals surface area contributed by atoms with Crippen molar-refractivity contribution in [3.05, 3.63) is 88.3 Å². The number of benzene rings is 2. The van der Waals surface area contributed by atoms with Gasteiger partial charge in [-0.15, -0.1) is 0 Å². The molecule has 3 rings (SSSR count). The van der Waals surface area contributed by atoms with E-state index >= 15 is 0 Å². The molecule has 0 saturated carbocycles. The molecule has 1 heterocycles. The SMILES string of the molecule is CN(C)c1cccc(C(=O)NNC(=O)c2ccc(=O)n(-c3ccccc3)n2)c1. The number of nitrogens with one attached hydrogen (secondary N) is 2. The van der Waals surface area contributed by atoms with Crippen molar-refractivity contribution >= 4 is 17.5 Å². The van der Waals surface area contributed by atoms with E-state index in [2.05, 4.69) is 16.0 Å². The van der Waals surface area contributed by atoms with Gasteiger partial charge in [-0.2, -0.15) is 9.78 Å². The summed E-state index contributed by atoms with van der Waals surface area (Å²) < 4.78 is 1.12. The van der Waals surface area contributed by atoms with Gasteiger partial charge in [-0.1, -0.05) is 24.3 Å². The Bertz CT molecular complexity index is 1060. The highest BCUT2D eigenvalue weighted by atomic mass is 16.2. The van der Waals surface area contributed by atoms with Crippen LogP contribution in [-0.4, -0.2) is 35.7 Å². The lowest BCUT2D eigenvalue weighted by molar-refractivity contribution is 0.0843. The summed E-state index contributed by atoms with van der Waals surface area (Å²) in [6.45, 7) is 0. The number of anilines is 1. The van der Waals surface area contributed by atoms with E-state index in [0.717, 1.165) is 10.4 Å². The number of carbonyl (C=O) groups excluding carboxylic acids is 2. The van der Waals surface area contributed by atoms with Gasteiger partial charge in [0.15, 0.2) is 5.69 Å². The average molecular weight is 377 g/mol. The number of rotatable bonds is 4. The molecule has 0 aliphatic carbocycles. The second-order valence-electron chi connectivity index (χ2n) is 6.16. The van der Waals surface area contributed by atoms with E-state index < -0.39 is 11.8 Å². The fourth-order valence-electron chi connectivity index (χ4n) is 2.46. The van der Waals surface area contributed by atoms with Gasteiger partial charge in [0, 0.05) is 31.4 Å². The summed E-state index contributed by atoms with van der Waals surface area (Å²) in [5, 5.41) is 4.06. The fraction of sp³-hybridized carbons (Fsp3) is 0.100. The molecule has 2 N–H and O–H groups in total. The molecule has 0 radical (unpaired) electrons. The van der Waals surface area contributed by atoms with Crippen molar-refractivity contribution in [1.82, 2.24) is 20.6 Å². The molecule has 3 aromatic rings. The van der Waals surface area contributed by atoms with E-state index in [1.807, 2.05) is 31.1 Å². The Kier molecular flexibility index (Phi) is 5.50. The van der Waals surface area contributed by atoms with E-state index in [4.69, 9.17) is 0 Å². The standard InChI is InChI=1S/C20H19N5O3/c1-24(2)16-10-6-7-14(13-16)19(27)21-22-20(28)17-11-12-18(26)25(23-17)15-8-4-3-5-9-15/h3-13H,1-2H3,(H,21,27)(H,22,28). The Morgan fingerprint density at radius 3 is 2.32 bits per heavy atom. The zero-order valence-electron chi connectivity index (χ0n) is 15.4. The summed E-state index contributed by atoms with van der Waals surface area (Å²) in [4.78, 5) is 38.5. The number of aromatic nitrogens is 2. The van der Waals surface area contributed by atoms with Gasteiger partial charge < -0.3 is 4.90 Å². The smallest absolute Gasteiger partial charge is 0.290 e. The minimum atomic E-state index is -0.637. The normalized spacial score (nSPS) is 10.2. The summed E-state index contributed by atoms with van der Waals surface area (Å²) >= 11 is 0. The maximum absolute atomic E-state index is 12.3. The minimum Gasteiger partial charge on any atom is -0.378 e. The van der Waals surface area contributed by atoms with Crippen molar-refractivity contribution in [1.29, 1.82) is 0 Å². The molecule has 0 aliphatic heterocycles. The van der Waals surface area contributed by atoms with Crippen LogP contribution < -0.4 is 21.3 Å². The molecule has 0 spiro atoms. The quantitative estimate of drug-likeness (QED) is 0.670. The van der Waals surface area contributed by atoms with Crippen LogP contribution in [0, 0.1) is 0 Å². The zero-order valence-corrected chi connectivity index (χ0v) is 15.4. The molecule has 142 valence electrons. The van der Waals surface area contributed by atoms with E-state index in [-0.39, 0.29) is 11.3 Å². The number of carbonyl (C=O) groups is 2. The summed E-state index contributed by atoms with van der Waals surface area (Å²) in [6.07, 6.45) is 0. The predicted octanol–water partition coefficient (Wildman–Crippen LogP) is 1.37. The highest BCUT2D eigenvalue weighted by molar-refractivity contribution is 5.98. The largest absolute Gasteiger partial charge is 0.378 e. The Morgan fingerprint density at radius 1 is 0.893 bits per heavy atom. The number of hydrogen-bond donors (Lipinski definition) is 2. The van der Waals surface area contributed by atoms with Crippen LogP contribution in [0.4, 0.5) is 5.69 Å². The van der Waals surface area contributed by atoms with Gasteiger partial charge in [0.1, 0.15) is 0 Å². The Morgan fingerprint density at radius 2 is 1.61 bits per heavy atom. The highest BCUT2D eigenvalue weighted by Gasteiger charge is 2.13. The number of amides is 2. The molecule has 1 aromatic heterocycles. The monoisotopic (exact) mass is 377 g/mol. The first-order valence-electron chi connectivity index (χ1n) is 8.49. The van der Waals surface area contributed by atoms with Gasteiger partial charge in [0.05, 0.1) is 5.69 Å². The Balaban J connectivity index is 1.73. The Labute approximate surface area is 161 Å². The molecule has 0 fully saturated rings. The van der Waals surface area contributed by atoms with Crippen LogP contribution in [0.1, 0.15) is 20.8 Å². The molecule has 0 bridgehead atoms. The molecule has 2 amide bonds. The number of hydrogen-bond acceptors (Lipinski definition) is 5. The van der Waals surface area contributed by atoms with Crippen molar-refractivity contribution in [2.24, 2.45) is 0 Å². The van der Waals surface area contributed by atoms with Crippen molar-refractivity contribution < 1.29 is 9.59 Å². The van der Waals surface area contributed by atoms with Crippen molar-refractivity contribution in [2.75, 3.05) is 19.0 Å². The third-order valence-electron chi connectivity index (χ3n) is 3.95. The topological polar surface area (TPSA) is 96.3 Å². The maximum Gasteiger partial charge on any atom is 0.290 e. The lowest BCUT2D eigenvalue weighted by Gasteiger charge is -2.13. The molecule has 0 saturated heterocycles. The first kappa shape index (κ1) is 18.8. The van der Waals surface area contributed by atoms with E-state index in [1.54, 1.807) is 42.5 Å². The van der Waals surface area contributed by atoms with Crippen LogP contribution in [0.25, 0.3) is 5.69 Å². The Hall–Kier alpha value is -3.94. The van der Waals surface area contributed by atoms with Crippen LogP contribution in [0.3, 0.4) is 0 Å². The fourth-order valence-corrected chi connectivity index (χ4v) is 2.46. The number of para-hydroxylation sites is 1. The molecular formula is C20H19N5O3. The summed E-state index contributed by atoms with van der Waals surface area (Å²) in [5.41, 5.74) is 6.08. The molecule has 0 aliphatic rings. The third kappa shape index (κ3) is 4.24. The van der Waals surface area contributed by atoms with Crippen molar-refractivity contribution in [3.8, 4) is 5.69 Å². The van der Waals surface area contributed by atoms with E-state index in [0.29, 0.717) is 11.3 Å². The predicted molar refractivity (Wildman–Crippen MR) is 106 cm³/mol. The van der Waals surface area contributed by atoms with Crippen LogP contribution in [0.15, 0.2) is 71.5 Å². The molecule has 8 heteroatoms. The minimum absolute atomic E-state index is 0.00852. The number of nitrogens with zero attached hydrogens (tertiary/aromatic N) is 3. The van der Waals surface area contributed by atoms with Gasteiger partial charge >= 0.3 is 0 Å².